The van der Waals surface area contributed by atoms with Crippen LogP contribution in [0.4, 0.5) is 0 Å². The van der Waals surface area contributed by atoms with Crippen LogP contribution >= 0.6 is 0 Å². The van der Waals surface area contributed by atoms with Gasteiger partial charge < -0.3 is 28.8 Å². The zero-order valence-corrected chi connectivity index (χ0v) is 23.2. The average Bonchev–Trinajstić information content (AvgIpc) is 2.86. The van der Waals surface area contributed by atoms with Crippen molar-refractivity contribution in [1.29, 1.82) is 0 Å². The van der Waals surface area contributed by atoms with E-state index in [9.17, 15) is 9.90 Å². The third kappa shape index (κ3) is 8.67. The molecule has 0 aromatic heterocycles. The van der Waals surface area contributed by atoms with E-state index in [-0.39, 0.29) is 42.0 Å². The number of carbonyl (C=O) groups is 1. The van der Waals surface area contributed by atoms with Crippen molar-refractivity contribution in [3.05, 3.63) is 0 Å². The van der Waals surface area contributed by atoms with Crippen molar-refractivity contribution >= 4 is 5.97 Å². The van der Waals surface area contributed by atoms with Gasteiger partial charge in [-0.3, -0.25) is 4.79 Å². The predicted octanol–water partition coefficient (Wildman–Crippen LogP) is 5.47. The highest BCUT2D eigenvalue weighted by Gasteiger charge is 2.47. The molecule has 2 fully saturated rings. The Labute approximate surface area is 213 Å². The lowest BCUT2D eigenvalue weighted by Crippen LogP contribution is -2.57. The molecule has 4 unspecified atom stereocenters. The monoisotopic (exact) mass is 500 g/mol. The fourth-order valence-corrected chi connectivity index (χ4v) is 5.44. The minimum Gasteiger partial charge on any atom is -0.469 e. The molecule has 2 saturated heterocycles. The number of unbranched alkanes of at least 4 members (excludes halogenated alkanes) is 5. The van der Waals surface area contributed by atoms with Gasteiger partial charge in [0.2, 0.25) is 0 Å². The second kappa shape index (κ2) is 15.5. The third-order valence-corrected chi connectivity index (χ3v) is 8.43. The summed E-state index contributed by atoms with van der Waals surface area (Å²) in [5, 5.41) is 10.9. The van der Waals surface area contributed by atoms with Gasteiger partial charge in [0.15, 0.2) is 12.6 Å². The highest BCUT2D eigenvalue weighted by Crippen LogP contribution is 2.38. The van der Waals surface area contributed by atoms with Gasteiger partial charge in [-0.15, -0.1) is 0 Å². The highest BCUT2D eigenvalue weighted by atomic mass is 16.7. The van der Waals surface area contributed by atoms with Crippen LogP contribution in [-0.2, 0) is 28.5 Å². The molecule has 7 heteroatoms. The van der Waals surface area contributed by atoms with Crippen LogP contribution in [0.15, 0.2) is 0 Å². The summed E-state index contributed by atoms with van der Waals surface area (Å²) < 4.78 is 30.0. The van der Waals surface area contributed by atoms with E-state index in [2.05, 4.69) is 46.3 Å². The van der Waals surface area contributed by atoms with Crippen molar-refractivity contribution in [1.82, 2.24) is 0 Å². The maximum atomic E-state index is 11.2. The third-order valence-electron chi connectivity index (χ3n) is 8.43. The molecule has 0 spiro atoms. The van der Waals surface area contributed by atoms with Gasteiger partial charge in [0, 0.05) is 13.0 Å². The molecule has 10 atom stereocenters. The van der Waals surface area contributed by atoms with Crippen molar-refractivity contribution in [3.63, 3.8) is 0 Å². The molecule has 0 aromatic rings. The van der Waals surface area contributed by atoms with E-state index in [1.165, 1.54) is 7.11 Å². The minimum atomic E-state index is -0.668. The van der Waals surface area contributed by atoms with E-state index in [1.54, 1.807) is 0 Å². The molecule has 0 aromatic carbocycles. The van der Waals surface area contributed by atoms with Gasteiger partial charge in [-0.1, -0.05) is 67.2 Å². The molecule has 0 radical (unpaired) electrons. The molecule has 2 rings (SSSR count). The summed E-state index contributed by atoms with van der Waals surface area (Å²) in [5.41, 5.74) is 0. The van der Waals surface area contributed by atoms with Crippen LogP contribution in [0.5, 0.6) is 0 Å². The normalized spacial score (nSPS) is 37.8. The fourth-order valence-electron chi connectivity index (χ4n) is 5.44. The summed E-state index contributed by atoms with van der Waals surface area (Å²) in [6.07, 6.45) is 6.66. The molecule has 206 valence electrons. The predicted molar refractivity (Wildman–Crippen MR) is 136 cm³/mol. The topological polar surface area (TPSA) is 83.5 Å². The lowest BCUT2D eigenvalue weighted by molar-refractivity contribution is -0.344. The summed E-state index contributed by atoms with van der Waals surface area (Å²) in [6, 6.07) is 0. The number of aliphatic hydroxyl groups excluding tert-OH is 1. The van der Waals surface area contributed by atoms with Crippen LogP contribution < -0.4 is 0 Å². The van der Waals surface area contributed by atoms with Gasteiger partial charge in [0.05, 0.1) is 19.3 Å². The van der Waals surface area contributed by atoms with Crippen LogP contribution in [0.3, 0.4) is 0 Å². The van der Waals surface area contributed by atoms with Gasteiger partial charge >= 0.3 is 5.97 Å². The molecular weight excluding hydrogens is 448 g/mol. The first-order chi connectivity index (χ1) is 16.7. The lowest BCUT2D eigenvalue weighted by Gasteiger charge is -2.48. The number of hydrogen-bond donors (Lipinski definition) is 1. The fraction of sp³-hybridized carbons (Fsp3) is 0.964. The van der Waals surface area contributed by atoms with Crippen molar-refractivity contribution in [3.8, 4) is 0 Å². The smallest absolute Gasteiger partial charge is 0.305 e. The summed E-state index contributed by atoms with van der Waals surface area (Å²) in [4.78, 5) is 11.2. The van der Waals surface area contributed by atoms with Gasteiger partial charge in [-0.25, -0.2) is 0 Å². The van der Waals surface area contributed by atoms with Crippen LogP contribution in [0.25, 0.3) is 0 Å². The second-order valence-electron chi connectivity index (χ2n) is 10.7. The Morgan fingerprint density at radius 1 is 0.771 bits per heavy atom. The van der Waals surface area contributed by atoms with E-state index in [1.807, 2.05) is 0 Å². The largest absolute Gasteiger partial charge is 0.469 e. The molecule has 0 aliphatic carbocycles. The standard InChI is InChI=1S/C28H52O7/c1-8-22-18(3)20(5)25(30)27(33-22)35-26-21(6)19(4)23(9-2)34-28(26)32-17-15-13-11-10-12-14-16-24(29)31-7/h18-23,25-28,30H,8-17H2,1-7H3/t18-,19-,20-,21-,22?,23?,25?,26?,27+,28-/m0/s1. The molecule has 2 aliphatic heterocycles. The summed E-state index contributed by atoms with van der Waals surface area (Å²) in [7, 11) is 1.44. The van der Waals surface area contributed by atoms with E-state index >= 15 is 0 Å². The van der Waals surface area contributed by atoms with E-state index < -0.39 is 18.7 Å². The van der Waals surface area contributed by atoms with E-state index in [4.69, 9.17) is 18.9 Å². The first kappa shape index (κ1) is 30.5. The summed E-state index contributed by atoms with van der Waals surface area (Å²) in [6.45, 7) is 13.5. The van der Waals surface area contributed by atoms with Crippen molar-refractivity contribution in [2.75, 3.05) is 13.7 Å². The first-order valence-corrected chi connectivity index (χ1v) is 14.1. The average molecular weight is 501 g/mol. The molecule has 1 N–H and O–H groups in total. The zero-order valence-electron chi connectivity index (χ0n) is 23.2. The summed E-state index contributed by atoms with van der Waals surface area (Å²) in [5.74, 6) is 0.807. The van der Waals surface area contributed by atoms with E-state index in [0.29, 0.717) is 18.9 Å². The lowest BCUT2D eigenvalue weighted by atomic mass is 9.81. The Kier molecular flexibility index (Phi) is 13.5. The van der Waals surface area contributed by atoms with Gasteiger partial charge in [-0.05, 0) is 49.4 Å². The van der Waals surface area contributed by atoms with Crippen LogP contribution in [0.1, 0.15) is 99.3 Å². The van der Waals surface area contributed by atoms with Crippen molar-refractivity contribution in [2.24, 2.45) is 23.7 Å². The van der Waals surface area contributed by atoms with Crippen LogP contribution in [-0.4, -0.2) is 61.8 Å². The number of esters is 1. The Hall–Kier alpha value is -0.730. The number of ether oxygens (including phenoxy) is 5. The van der Waals surface area contributed by atoms with E-state index in [0.717, 1.165) is 51.4 Å². The van der Waals surface area contributed by atoms with Gasteiger partial charge in [-0.2, -0.15) is 0 Å². The molecule has 2 heterocycles. The number of aliphatic hydroxyl groups is 1. The molecule has 35 heavy (non-hydrogen) atoms. The Bertz CT molecular complexity index is 598. The van der Waals surface area contributed by atoms with Crippen LogP contribution in [0, 0.1) is 23.7 Å². The number of carbonyl (C=O) groups excluding carboxylic acids is 1. The maximum absolute atomic E-state index is 11.2. The maximum Gasteiger partial charge on any atom is 0.305 e. The molecule has 0 bridgehead atoms. The first-order valence-electron chi connectivity index (χ1n) is 14.1. The van der Waals surface area contributed by atoms with Crippen molar-refractivity contribution < 1.29 is 33.6 Å². The number of methoxy groups -OCH3 is 1. The zero-order chi connectivity index (χ0) is 26.0. The Morgan fingerprint density at radius 3 is 1.91 bits per heavy atom. The quantitative estimate of drug-likeness (QED) is 0.250. The molecular formula is C28H52O7. The number of hydrogen-bond acceptors (Lipinski definition) is 7. The van der Waals surface area contributed by atoms with Crippen LogP contribution in [0.2, 0.25) is 0 Å². The van der Waals surface area contributed by atoms with Gasteiger partial charge in [0.25, 0.3) is 0 Å². The molecule has 0 saturated carbocycles. The van der Waals surface area contributed by atoms with Gasteiger partial charge in [0.1, 0.15) is 12.2 Å². The van der Waals surface area contributed by atoms with Crippen molar-refractivity contribution in [2.45, 2.75) is 136 Å². The Morgan fingerprint density at radius 2 is 1.31 bits per heavy atom. The molecule has 0 amide bonds. The second-order valence-corrected chi connectivity index (χ2v) is 10.7. The molecule has 7 nitrogen and oxygen atoms in total. The summed E-state index contributed by atoms with van der Waals surface area (Å²) >= 11 is 0. The minimum absolute atomic E-state index is 0.0750. The molecule has 2 aliphatic rings. The highest BCUT2D eigenvalue weighted by molar-refractivity contribution is 5.68. The number of rotatable bonds is 14. The SMILES string of the molecule is CCC1O[C@H](OC2[C@@H](OCCCCCCCCC(=O)OC)OC(CC)[C@@H](C)[C@@H]2C)C(O)[C@@H](C)[C@@H]1C. The Balaban J connectivity index is 1.86.